The zero-order valence-electron chi connectivity index (χ0n) is 8.66. The fraction of sp³-hybridized carbons (Fsp3) is 0.727. The third-order valence-corrected chi connectivity index (χ3v) is 2.40. The van der Waals surface area contributed by atoms with E-state index in [-0.39, 0.29) is 12.1 Å². The number of terminal acetylenes is 1. The Morgan fingerprint density at radius 3 is 3.14 bits per heavy atom. The smallest absolute Gasteiger partial charge is 0.410 e. The van der Waals surface area contributed by atoms with E-state index in [4.69, 9.17) is 11.2 Å². The van der Waals surface area contributed by atoms with Crippen molar-refractivity contribution in [2.24, 2.45) is 0 Å². The second-order valence-corrected chi connectivity index (χ2v) is 3.49. The first-order valence-corrected chi connectivity index (χ1v) is 5.19. The molecule has 1 aliphatic heterocycles. The lowest BCUT2D eigenvalue weighted by Gasteiger charge is -2.19. The van der Waals surface area contributed by atoms with Gasteiger partial charge in [0.15, 0.2) is 0 Å². The molecule has 0 aromatic carbocycles. The summed E-state index contributed by atoms with van der Waals surface area (Å²) < 4.78 is 5.09. The minimum absolute atomic E-state index is 0.0517. The molecule has 78 valence electrons. The predicted molar refractivity (Wildman–Crippen MR) is 54.8 cm³/mol. The van der Waals surface area contributed by atoms with Crippen LogP contribution in [0.15, 0.2) is 0 Å². The fourth-order valence-corrected chi connectivity index (χ4v) is 1.55. The maximum Gasteiger partial charge on any atom is 0.410 e. The van der Waals surface area contributed by atoms with Crippen LogP contribution in [0.4, 0.5) is 4.79 Å². The molecule has 0 radical (unpaired) electrons. The van der Waals surface area contributed by atoms with Gasteiger partial charge in [-0.05, 0) is 19.3 Å². The van der Waals surface area contributed by atoms with Crippen LogP contribution in [0.3, 0.4) is 0 Å². The minimum atomic E-state index is -0.251. The van der Waals surface area contributed by atoms with E-state index in [2.05, 4.69) is 12.8 Å². The Hall–Kier alpha value is -1.17. The highest BCUT2D eigenvalue weighted by Gasteiger charge is 2.27. The molecule has 1 amide bonds. The molecule has 14 heavy (non-hydrogen) atoms. The Labute approximate surface area is 85.4 Å². The molecular formula is C11H17NO2. The quantitative estimate of drug-likeness (QED) is 0.509. The average molecular weight is 195 g/mol. The highest BCUT2D eigenvalue weighted by Crippen LogP contribution is 2.17. The van der Waals surface area contributed by atoms with Gasteiger partial charge in [0.2, 0.25) is 0 Å². The van der Waals surface area contributed by atoms with Crippen molar-refractivity contribution in [1.29, 1.82) is 0 Å². The topological polar surface area (TPSA) is 29.5 Å². The molecule has 1 fully saturated rings. The lowest BCUT2D eigenvalue weighted by Crippen LogP contribution is -2.35. The molecule has 3 heteroatoms. The van der Waals surface area contributed by atoms with Crippen LogP contribution in [0.5, 0.6) is 0 Å². The van der Waals surface area contributed by atoms with Crippen LogP contribution in [0, 0.1) is 12.3 Å². The van der Waals surface area contributed by atoms with Gasteiger partial charge >= 0.3 is 6.09 Å². The molecule has 0 aromatic rings. The van der Waals surface area contributed by atoms with Gasteiger partial charge in [-0.15, -0.1) is 6.42 Å². The maximum absolute atomic E-state index is 11.5. The molecular weight excluding hydrogens is 178 g/mol. The minimum Gasteiger partial charge on any atom is -0.449 e. The zero-order chi connectivity index (χ0) is 10.4. The number of nitrogens with zero attached hydrogens (tertiary/aromatic N) is 1. The number of carbonyl (C=O) groups excluding carboxylic acids is 1. The third kappa shape index (κ3) is 2.66. The molecule has 0 unspecified atom stereocenters. The SMILES string of the molecule is C#C[C@@H]1CCCN1C(=O)OCCCC. The zero-order valence-corrected chi connectivity index (χ0v) is 8.66. The first-order valence-electron chi connectivity index (χ1n) is 5.19. The molecule has 0 aromatic heterocycles. The Balaban J connectivity index is 2.33. The van der Waals surface area contributed by atoms with Crippen molar-refractivity contribution >= 4 is 6.09 Å². The van der Waals surface area contributed by atoms with Gasteiger partial charge in [0, 0.05) is 6.54 Å². The summed E-state index contributed by atoms with van der Waals surface area (Å²) >= 11 is 0. The fourth-order valence-electron chi connectivity index (χ4n) is 1.55. The van der Waals surface area contributed by atoms with E-state index in [0.29, 0.717) is 6.61 Å². The summed E-state index contributed by atoms with van der Waals surface area (Å²) in [6.45, 7) is 3.30. The van der Waals surface area contributed by atoms with Crippen LogP contribution in [-0.2, 0) is 4.74 Å². The standard InChI is InChI=1S/C11H17NO2/c1-3-5-9-14-11(13)12-8-6-7-10(12)4-2/h2,10H,3,5-9H2,1H3/t10-/m1/s1. The van der Waals surface area contributed by atoms with Gasteiger partial charge in [-0.3, -0.25) is 4.90 Å². The number of carbonyl (C=O) groups is 1. The number of ether oxygens (including phenoxy) is 1. The molecule has 0 N–H and O–H groups in total. The van der Waals surface area contributed by atoms with Crippen LogP contribution >= 0.6 is 0 Å². The Bertz CT molecular complexity index is 232. The summed E-state index contributed by atoms with van der Waals surface area (Å²) in [5, 5.41) is 0. The van der Waals surface area contributed by atoms with Crippen molar-refractivity contribution in [3.63, 3.8) is 0 Å². The molecule has 1 aliphatic rings. The molecule has 1 heterocycles. The van der Waals surface area contributed by atoms with Crippen molar-refractivity contribution in [2.75, 3.05) is 13.2 Å². The number of hydrogen-bond acceptors (Lipinski definition) is 2. The van der Waals surface area contributed by atoms with Crippen molar-refractivity contribution in [2.45, 2.75) is 38.6 Å². The molecule has 0 bridgehead atoms. The van der Waals surface area contributed by atoms with Gasteiger partial charge in [-0.2, -0.15) is 0 Å². The summed E-state index contributed by atoms with van der Waals surface area (Å²) in [5.74, 6) is 2.61. The van der Waals surface area contributed by atoms with E-state index in [0.717, 1.165) is 32.2 Å². The monoisotopic (exact) mass is 195 g/mol. The Morgan fingerprint density at radius 2 is 2.50 bits per heavy atom. The molecule has 0 saturated carbocycles. The van der Waals surface area contributed by atoms with Crippen molar-refractivity contribution in [3.05, 3.63) is 0 Å². The molecule has 1 rings (SSSR count). The molecule has 0 spiro atoms. The van der Waals surface area contributed by atoms with E-state index in [1.54, 1.807) is 4.90 Å². The Morgan fingerprint density at radius 1 is 1.71 bits per heavy atom. The number of likely N-dealkylation sites (tertiary alicyclic amines) is 1. The predicted octanol–water partition coefficient (Wildman–Crippen LogP) is 2.02. The van der Waals surface area contributed by atoms with Gasteiger partial charge in [-0.1, -0.05) is 19.3 Å². The van der Waals surface area contributed by atoms with E-state index < -0.39 is 0 Å². The summed E-state index contributed by atoms with van der Waals surface area (Å²) in [7, 11) is 0. The van der Waals surface area contributed by atoms with Crippen molar-refractivity contribution < 1.29 is 9.53 Å². The largest absolute Gasteiger partial charge is 0.449 e. The van der Waals surface area contributed by atoms with Gasteiger partial charge in [0.25, 0.3) is 0 Å². The Kier molecular flexibility index (Phi) is 4.31. The lowest BCUT2D eigenvalue weighted by molar-refractivity contribution is 0.103. The molecule has 3 nitrogen and oxygen atoms in total. The van der Waals surface area contributed by atoms with Crippen LogP contribution in [0.25, 0.3) is 0 Å². The van der Waals surface area contributed by atoms with Gasteiger partial charge in [0.1, 0.15) is 0 Å². The molecule has 0 aliphatic carbocycles. The van der Waals surface area contributed by atoms with Crippen LogP contribution in [0.2, 0.25) is 0 Å². The van der Waals surface area contributed by atoms with Gasteiger partial charge < -0.3 is 4.74 Å². The van der Waals surface area contributed by atoms with Gasteiger partial charge in [-0.25, -0.2) is 4.79 Å². The summed E-state index contributed by atoms with van der Waals surface area (Å²) in [6.07, 6.45) is 8.90. The second kappa shape index (κ2) is 5.54. The molecule has 1 atom stereocenters. The number of hydrogen-bond donors (Lipinski definition) is 0. The first kappa shape index (κ1) is 10.9. The van der Waals surface area contributed by atoms with Crippen molar-refractivity contribution in [3.8, 4) is 12.3 Å². The van der Waals surface area contributed by atoms with E-state index in [1.807, 2.05) is 0 Å². The average Bonchev–Trinajstić information content (AvgIpc) is 2.65. The first-order chi connectivity index (χ1) is 6.79. The van der Waals surface area contributed by atoms with Gasteiger partial charge in [0.05, 0.1) is 12.6 Å². The van der Waals surface area contributed by atoms with E-state index in [9.17, 15) is 4.79 Å². The highest BCUT2D eigenvalue weighted by atomic mass is 16.6. The van der Waals surface area contributed by atoms with Crippen LogP contribution in [-0.4, -0.2) is 30.2 Å². The normalized spacial score (nSPS) is 20.6. The highest BCUT2D eigenvalue weighted by molar-refractivity contribution is 5.69. The maximum atomic E-state index is 11.5. The van der Waals surface area contributed by atoms with Crippen LogP contribution in [0.1, 0.15) is 32.6 Å². The molecule has 1 saturated heterocycles. The third-order valence-electron chi connectivity index (χ3n) is 2.40. The number of unbranched alkanes of at least 4 members (excludes halogenated alkanes) is 1. The number of rotatable bonds is 3. The second-order valence-electron chi connectivity index (χ2n) is 3.49. The lowest BCUT2D eigenvalue weighted by atomic mass is 10.2. The summed E-state index contributed by atoms with van der Waals surface area (Å²) in [5.41, 5.74) is 0. The van der Waals surface area contributed by atoms with Crippen LogP contribution < -0.4 is 0 Å². The van der Waals surface area contributed by atoms with E-state index in [1.165, 1.54) is 0 Å². The van der Waals surface area contributed by atoms with E-state index >= 15 is 0 Å². The van der Waals surface area contributed by atoms with Crippen molar-refractivity contribution in [1.82, 2.24) is 4.90 Å². The summed E-state index contributed by atoms with van der Waals surface area (Å²) in [4.78, 5) is 13.1. The summed E-state index contributed by atoms with van der Waals surface area (Å²) in [6, 6.07) is -0.0517. The number of amides is 1.